The zero-order valence-electron chi connectivity index (χ0n) is 22.1. The van der Waals surface area contributed by atoms with Crippen molar-refractivity contribution in [2.45, 2.75) is 26.3 Å². The van der Waals surface area contributed by atoms with Gasteiger partial charge in [-0.15, -0.1) is 0 Å². The Labute approximate surface area is 234 Å². The smallest absolute Gasteiger partial charge is 0.328 e. The van der Waals surface area contributed by atoms with E-state index in [2.05, 4.69) is 20.8 Å². The molecule has 5 rings (SSSR count). The third-order valence-electron chi connectivity index (χ3n) is 6.22. The molecule has 1 unspecified atom stereocenters. The molecule has 204 valence electrons. The summed E-state index contributed by atoms with van der Waals surface area (Å²) in [6.07, 6.45) is 0.415. The van der Waals surface area contributed by atoms with E-state index in [1.54, 1.807) is 6.07 Å². The maximum atomic E-state index is 13.5. The molecule has 1 atom stereocenters. The van der Waals surface area contributed by atoms with Crippen molar-refractivity contribution in [2.75, 3.05) is 12.4 Å². The second-order valence-electron chi connectivity index (χ2n) is 9.61. The topological polar surface area (TPSA) is 106 Å². The highest BCUT2D eigenvalue weighted by atomic mass is 32.1. The van der Waals surface area contributed by atoms with E-state index in [0.717, 1.165) is 21.5 Å². The van der Waals surface area contributed by atoms with Gasteiger partial charge in [0.2, 0.25) is 5.76 Å². The van der Waals surface area contributed by atoms with Crippen LogP contribution in [0.4, 0.5) is 15.2 Å². The lowest BCUT2D eigenvalue weighted by Gasteiger charge is -2.17. The monoisotopic (exact) mass is 558 g/mol. The number of benzene rings is 3. The fourth-order valence-corrected chi connectivity index (χ4v) is 5.26. The average Bonchev–Trinajstić information content (AvgIpc) is 3.57. The molecule has 0 fully saturated rings. The largest absolute Gasteiger partial charge is 0.467 e. The molecule has 5 aromatic rings. The number of nitrogens with one attached hydrogen (secondary N) is 2. The van der Waals surface area contributed by atoms with Crippen molar-refractivity contribution in [3.8, 4) is 22.4 Å². The van der Waals surface area contributed by atoms with Crippen molar-refractivity contribution >= 4 is 44.2 Å². The Morgan fingerprint density at radius 3 is 2.48 bits per heavy atom. The summed E-state index contributed by atoms with van der Waals surface area (Å²) in [6, 6.07) is 20.4. The predicted molar refractivity (Wildman–Crippen MR) is 153 cm³/mol. The van der Waals surface area contributed by atoms with Crippen LogP contribution in [0.3, 0.4) is 0 Å². The fourth-order valence-electron chi connectivity index (χ4n) is 4.35. The minimum absolute atomic E-state index is 0.00256. The lowest BCUT2D eigenvalue weighted by molar-refractivity contribution is -0.143. The standard InChI is InChI=1S/C30H27FN4O4S/c1-17(2)15-23(29(37)38-3)33-28(36)27-25(18-7-5-4-6-8-18)26(35-39-27)19-9-12-21(13-10-19)32-30-34-22-14-11-20(31)16-24(22)40-30/h4-14,16-17,23H,15H2,1-3H3,(H,32,34)(H,33,36). The number of amides is 1. The van der Waals surface area contributed by atoms with E-state index in [-0.39, 0.29) is 17.5 Å². The minimum Gasteiger partial charge on any atom is -0.467 e. The van der Waals surface area contributed by atoms with Crippen molar-refractivity contribution in [3.05, 3.63) is 84.4 Å². The Balaban J connectivity index is 1.44. The number of carbonyl (C=O) groups is 2. The number of hydrogen-bond acceptors (Lipinski definition) is 8. The van der Waals surface area contributed by atoms with Gasteiger partial charge in [0.15, 0.2) is 5.13 Å². The first-order valence-electron chi connectivity index (χ1n) is 12.7. The Kier molecular flexibility index (Phi) is 7.88. The van der Waals surface area contributed by atoms with Crippen LogP contribution < -0.4 is 10.6 Å². The van der Waals surface area contributed by atoms with Crippen LogP contribution in [0.1, 0.15) is 30.8 Å². The Hall–Kier alpha value is -4.57. The van der Waals surface area contributed by atoms with Gasteiger partial charge in [0.25, 0.3) is 5.91 Å². The molecule has 0 radical (unpaired) electrons. The summed E-state index contributed by atoms with van der Waals surface area (Å²) < 4.78 is 24.8. The molecule has 10 heteroatoms. The number of thiazole rings is 1. The maximum Gasteiger partial charge on any atom is 0.328 e. The number of aromatic nitrogens is 2. The van der Waals surface area contributed by atoms with E-state index in [1.165, 1.54) is 30.6 Å². The Morgan fingerprint density at radius 1 is 1.02 bits per heavy atom. The molecule has 2 N–H and O–H groups in total. The quantitative estimate of drug-likeness (QED) is 0.191. The van der Waals surface area contributed by atoms with Gasteiger partial charge in [-0.1, -0.05) is 72.8 Å². The van der Waals surface area contributed by atoms with Crippen molar-refractivity contribution in [3.63, 3.8) is 0 Å². The van der Waals surface area contributed by atoms with Gasteiger partial charge in [-0.05, 0) is 48.2 Å². The molecule has 8 nitrogen and oxygen atoms in total. The zero-order valence-corrected chi connectivity index (χ0v) is 22.9. The van der Waals surface area contributed by atoms with Crippen LogP contribution in [0.15, 0.2) is 77.3 Å². The van der Waals surface area contributed by atoms with E-state index in [0.29, 0.717) is 28.3 Å². The third kappa shape index (κ3) is 5.86. The van der Waals surface area contributed by atoms with Gasteiger partial charge in [-0.3, -0.25) is 4.79 Å². The minimum atomic E-state index is -0.820. The molecular weight excluding hydrogens is 531 g/mol. The summed E-state index contributed by atoms with van der Waals surface area (Å²) in [5.41, 5.74) is 3.96. The number of fused-ring (bicyclic) bond motifs is 1. The highest BCUT2D eigenvalue weighted by Gasteiger charge is 2.29. The zero-order chi connectivity index (χ0) is 28.2. The van der Waals surface area contributed by atoms with Crippen LogP contribution in [-0.4, -0.2) is 35.2 Å². The van der Waals surface area contributed by atoms with Crippen molar-refractivity contribution in [1.82, 2.24) is 15.5 Å². The van der Waals surface area contributed by atoms with Crippen LogP contribution in [0.25, 0.3) is 32.6 Å². The third-order valence-corrected chi connectivity index (χ3v) is 7.15. The van der Waals surface area contributed by atoms with Gasteiger partial charge >= 0.3 is 5.97 Å². The fraction of sp³-hybridized carbons (Fsp3) is 0.200. The molecule has 0 spiro atoms. The first-order valence-corrected chi connectivity index (χ1v) is 13.5. The molecular formula is C30H27FN4O4S. The first kappa shape index (κ1) is 27.0. The predicted octanol–water partition coefficient (Wildman–Crippen LogP) is 6.82. The van der Waals surface area contributed by atoms with Gasteiger partial charge in [0.1, 0.15) is 17.6 Å². The number of anilines is 2. The van der Waals surface area contributed by atoms with Gasteiger partial charge in [-0.2, -0.15) is 0 Å². The lowest BCUT2D eigenvalue weighted by atomic mass is 9.98. The molecule has 0 aliphatic rings. The Bertz CT molecular complexity index is 1650. The molecule has 0 bridgehead atoms. The van der Waals surface area contributed by atoms with E-state index in [1.807, 2.05) is 68.4 Å². The molecule has 0 saturated heterocycles. The summed E-state index contributed by atoms with van der Waals surface area (Å²) in [4.78, 5) is 30.2. The SMILES string of the molecule is COC(=O)C(CC(C)C)NC(=O)c1onc(-c2ccc(Nc3nc4ccc(F)cc4s3)cc2)c1-c1ccccc1. The lowest BCUT2D eigenvalue weighted by Crippen LogP contribution is -2.42. The number of esters is 1. The van der Waals surface area contributed by atoms with Crippen LogP contribution >= 0.6 is 11.3 Å². The average molecular weight is 559 g/mol. The van der Waals surface area contributed by atoms with E-state index < -0.39 is 17.9 Å². The van der Waals surface area contributed by atoms with Crippen LogP contribution in [0.2, 0.25) is 0 Å². The second-order valence-corrected chi connectivity index (χ2v) is 10.6. The van der Waals surface area contributed by atoms with Gasteiger partial charge in [-0.25, -0.2) is 14.2 Å². The summed E-state index contributed by atoms with van der Waals surface area (Å²) in [7, 11) is 1.29. The molecule has 0 aliphatic heterocycles. The Morgan fingerprint density at radius 2 is 1.77 bits per heavy atom. The number of nitrogens with zero attached hydrogens (tertiary/aromatic N) is 2. The number of halogens is 1. The number of hydrogen-bond donors (Lipinski definition) is 2. The van der Waals surface area contributed by atoms with Crippen LogP contribution in [0, 0.1) is 11.7 Å². The molecule has 3 aromatic carbocycles. The van der Waals surface area contributed by atoms with E-state index >= 15 is 0 Å². The first-order chi connectivity index (χ1) is 19.3. The summed E-state index contributed by atoms with van der Waals surface area (Å²) in [5.74, 6) is -1.23. The molecule has 40 heavy (non-hydrogen) atoms. The highest BCUT2D eigenvalue weighted by molar-refractivity contribution is 7.22. The van der Waals surface area contributed by atoms with Crippen molar-refractivity contribution in [2.24, 2.45) is 5.92 Å². The molecule has 2 aromatic heterocycles. The van der Waals surface area contributed by atoms with Crippen LogP contribution in [-0.2, 0) is 9.53 Å². The summed E-state index contributed by atoms with van der Waals surface area (Å²) in [5, 5.41) is 10.9. The van der Waals surface area contributed by atoms with Crippen LogP contribution in [0.5, 0.6) is 0 Å². The van der Waals surface area contributed by atoms with Crippen molar-refractivity contribution < 1.29 is 23.2 Å². The number of ether oxygens (including phenoxy) is 1. The summed E-state index contributed by atoms with van der Waals surface area (Å²) in [6.45, 7) is 3.92. The molecule has 2 heterocycles. The number of methoxy groups -OCH3 is 1. The molecule has 1 amide bonds. The number of carbonyl (C=O) groups excluding carboxylic acids is 2. The molecule has 0 saturated carbocycles. The number of rotatable bonds is 9. The normalized spacial score (nSPS) is 11.9. The molecule has 0 aliphatic carbocycles. The van der Waals surface area contributed by atoms with E-state index in [9.17, 15) is 14.0 Å². The highest BCUT2D eigenvalue weighted by Crippen LogP contribution is 2.36. The van der Waals surface area contributed by atoms with Gasteiger partial charge < -0.3 is 19.9 Å². The maximum absolute atomic E-state index is 13.5. The second kappa shape index (κ2) is 11.7. The van der Waals surface area contributed by atoms with E-state index in [4.69, 9.17) is 9.26 Å². The summed E-state index contributed by atoms with van der Waals surface area (Å²) >= 11 is 1.36. The van der Waals surface area contributed by atoms with Gasteiger partial charge in [0, 0.05) is 11.3 Å². The van der Waals surface area contributed by atoms with Gasteiger partial charge in [0.05, 0.1) is 22.9 Å². The van der Waals surface area contributed by atoms with Crippen molar-refractivity contribution in [1.29, 1.82) is 0 Å².